The monoisotopic (exact) mass is 746 g/mol. The highest BCUT2D eigenvalue weighted by Crippen LogP contribution is 2.78. The van der Waals surface area contributed by atoms with E-state index in [0.29, 0.717) is 18.5 Å². The Kier molecular flexibility index (Phi) is 8.87. The van der Waals surface area contributed by atoms with E-state index >= 15 is 0 Å². The first-order valence-corrected chi connectivity index (χ1v) is 20.6. The third kappa shape index (κ3) is 5.30. The number of Topliss-reactive ketones (excluding diaryl/α,β-unsaturated/α-hetero) is 1. The van der Waals surface area contributed by atoms with E-state index in [1.54, 1.807) is 7.11 Å². The van der Waals surface area contributed by atoms with E-state index in [-0.39, 0.29) is 46.0 Å². The number of carbonyl (C=O) groups is 1. The molecule has 1 aliphatic heterocycles. The average molecular weight is 747 g/mol. The van der Waals surface area contributed by atoms with Gasteiger partial charge in [0.2, 0.25) is 0 Å². The van der Waals surface area contributed by atoms with E-state index in [0.717, 1.165) is 81.0 Å². The van der Waals surface area contributed by atoms with Crippen LogP contribution in [-0.2, 0) is 0 Å². The van der Waals surface area contributed by atoms with Gasteiger partial charge in [0.15, 0.2) is 5.78 Å². The molecule has 284 valence electrons. The number of nitrogens with zero attached hydrogens (tertiary/aromatic N) is 2. The van der Waals surface area contributed by atoms with E-state index in [2.05, 4.69) is 84.3 Å². The molecule has 3 aromatic rings. The highest BCUT2D eigenvalue weighted by Gasteiger charge is 2.74. The zero-order chi connectivity index (χ0) is 37.5. The van der Waals surface area contributed by atoms with Crippen LogP contribution in [-0.4, -0.2) is 77.3 Å². The number of ether oxygens (including phenoxy) is 1. The molecule has 1 saturated heterocycles. The molecule has 4 fully saturated rings. The molecular weight excluding hydrogens is 692 g/mol. The van der Waals surface area contributed by atoms with Gasteiger partial charge in [-0.2, -0.15) is 0 Å². The van der Waals surface area contributed by atoms with Gasteiger partial charge < -0.3 is 14.9 Å². The molecule has 10 rings (SSSR count). The molecule has 3 saturated carbocycles. The van der Waals surface area contributed by atoms with Crippen LogP contribution in [0.2, 0.25) is 5.02 Å². The second-order valence-electron chi connectivity index (χ2n) is 18.0. The second kappa shape index (κ2) is 13.2. The van der Waals surface area contributed by atoms with Crippen LogP contribution in [0.4, 0.5) is 0 Å². The summed E-state index contributed by atoms with van der Waals surface area (Å²) in [5.41, 5.74) is 2.00. The van der Waals surface area contributed by atoms with Crippen LogP contribution in [0.25, 0.3) is 0 Å². The number of piperazine rings is 1. The summed E-state index contributed by atoms with van der Waals surface area (Å²) < 4.78 is 5.44. The second-order valence-corrected chi connectivity index (χ2v) is 18.5. The van der Waals surface area contributed by atoms with Gasteiger partial charge in [-0.25, -0.2) is 0 Å². The Hall–Kier alpha value is -3.26. The molecule has 6 aliphatic carbocycles. The summed E-state index contributed by atoms with van der Waals surface area (Å²) in [6.45, 7) is 9.03. The van der Waals surface area contributed by atoms with Crippen LogP contribution in [0.15, 0.2) is 103 Å². The number of hydrogen-bond acceptors (Lipinski definition) is 6. The van der Waals surface area contributed by atoms with Crippen molar-refractivity contribution in [1.82, 2.24) is 9.80 Å². The molecular formula is C47H55ClN2O4. The first-order valence-electron chi connectivity index (χ1n) is 20.3. The van der Waals surface area contributed by atoms with Gasteiger partial charge in [-0.3, -0.25) is 14.6 Å². The van der Waals surface area contributed by atoms with Crippen molar-refractivity contribution in [3.63, 3.8) is 0 Å². The molecule has 54 heavy (non-hydrogen) atoms. The van der Waals surface area contributed by atoms with Crippen LogP contribution in [0.3, 0.4) is 0 Å². The van der Waals surface area contributed by atoms with Crippen molar-refractivity contribution in [2.24, 2.45) is 33.5 Å². The number of carbonyl (C=O) groups excluding carboxylic acids is 1. The molecule has 7 heteroatoms. The van der Waals surface area contributed by atoms with Crippen LogP contribution in [0.1, 0.15) is 86.3 Å². The fraction of sp³-hybridized carbons (Fsp3) is 0.511. The Morgan fingerprint density at radius 2 is 1.48 bits per heavy atom. The van der Waals surface area contributed by atoms with E-state index in [9.17, 15) is 15.0 Å². The summed E-state index contributed by atoms with van der Waals surface area (Å²) in [6.07, 6.45) is 12.7. The van der Waals surface area contributed by atoms with Crippen molar-refractivity contribution in [3.05, 3.63) is 124 Å². The summed E-state index contributed by atoms with van der Waals surface area (Å²) >= 11 is 6.30. The summed E-state index contributed by atoms with van der Waals surface area (Å²) in [5.74, 6) is 1.22. The van der Waals surface area contributed by atoms with Gasteiger partial charge in [-0.1, -0.05) is 86.1 Å². The lowest BCUT2D eigenvalue weighted by atomic mass is 9.32. The molecule has 0 amide bonds. The predicted molar refractivity (Wildman–Crippen MR) is 214 cm³/mol. The number of ketones is 1. The minimum atomic E-state index is -0.869. The number of aliphatic hydroxyl groups excluding tert-OH is 1. The maximum Gasteiger partial charge on any atom is 0.189 e. The van der Waals surface area contributed by atoms with Gasteiger partial charge in [0.1, 0.15) is 5.75 Å². The zero-order valence-corrected chi connectivity index (χ0v) is 32.8. The number of allylic oxidation sites excluding steroid dienone is 4. The van der Waals surface area contributed by atoms with Gasteiger partial charge in [-0.05, 0) is 110 Å². The Labute approximate surface area is 325 Å². The van der Waals surface area contributed by atoms with Gasteiger partial charge in [-0.15, -0.1) is 0 Å². The number of fused-ring (bicyclic) bond motifs is 1. The molecule has 0 radical (unpaired) electrons. The summed E-state index contributed by atoms with van der Waals surface area (Å²) in [6, 6.07) is 26.7. The fourth-order valence-corrected chi connectivity index (χ4v) is 13.1. The number of halogens is 1. The van der Waals surface area contributed by atoms with Crippen molar-refractivity contribution >= 4 is 17.4 Å². The predicted octanol–water partition coefficient (Wildman–Crippen LogP) is 8.53. The Morgan fingerprint density at radius 1 is 0.833 bits per heavy atom. The highest BCUT2D eigenvalue weighted by molar-refractivity contribution is 6.30. The standard InChI is InChI=1S/C47H55ClN2O4/c1-43-20-17-36(51)29-45(43)23-24-47(38(30-45)42(52)34-11-15-37(54-3)16-12-34)39(43)18-21-44(2)40(47)19-22-46(44,53)31-49-25-27-50(28-26-49)41(32-7-5-4-6-8-32)33-9-13-35(48)14-10-33/h4-16,23-24,30,36,39-41,51,53H,17-22,25-29,31H2,1-3H3. The average Bonchev–Trinajstić information content (AvgIpc) is 3.46. The molecule has 2 spiro atoms. The van der Waals surface area contributed by atoms with E-state index in [1.165, 1.54) is 11.1 Å². The van der Waals surface area contributed by atoms with Crippen molar-refractivity contribution < 1.29 is 19.7 Å². The number of benzene rings is 3. The van der Waals surface area contributed by atoms with Gasteiger partial charge in [0, 0.05) is 65.1 Å². The highest BCUT2D eigenvalue weighted by atomic mass is 35.5. The van der Waals surface area contributed by atoms with Crippen LogP contribution in [0, 0.1) is 33.5 Å². The molecule has 2 bridgehead atoms. The lowest BCUT2D eigenvalue weighted by Crippen LogP contribution is -2.67. The third-order valence-corrected chi connectivity index (χ3v) is 16.1. The Morgan fingerprint density at radius 3 is 2.19 bits per heavy atom. The topological polar surface area (TPSA) is 73.2 Å². The summed E-state index contributed by atoms with van der Waals surface area (Å²) in [4.78, 5) is 20.0. The van der Waals surface area contributed by atoms with Crippen molar-refractivity contribution in [2.75, 3.05) is 39.8 Å². The smallest absolute Gasteiger partial charge is 0.189 e. The van der Waals surface area contributed by atoms with E-state index < -0.39 is 11.0 Å². The number of rotatable bonds is 8. The number of methoxy groups -OCH3 is 1. The van der Waals surface area contributed by atoms with Gasteiger partial charge in [0.25, 0.3) is 0 Å². The van der Waals surface area contributed by atoms with Crippen molar-refractivity contribution in [1.29, 1.82) is 0 Å². The van der Waals surface area contributed by atoms with Crippen LogP contribution >= 0.6 is 11.6 Å². The molecule has 1 heterocycles. The fourth-order valence-electron chi connectivity index (χ4n) is 12.9. The van der Waals surface area contributed by atoms with E-state index in [4.69, 9.17) is 16.3 Å². The van der Waals surface area contributed by atoms with Gasteiger partial charge >= 0.3 is 0 Å². The third-order valence-electron chi connectivity index (χ3n) is 15.9. The minimum Gasteiger partial charge on any atom is -0.497 e. The van der Waals surface area contributed by atoms with Gasteiger partial charge in [0.05, 0.1) is 24.9 Å². The minimum absolute atomic E-state index is 0.0532. The molecule has 6 nitrogen and oxygen atoms in total. The lowest BCUT2D eigenvalue weighted by molar-refractivity contribution is -0.177. The summed E-state index contributed by atoms with van der Waals surface area (Å²) in [5, 5.41) is 24.9. The summed E-state index contributed by atoms with van der Waals surface area (Å²) in [7, 11) is 1.65. The molecule has 3 aromatic carbocycles. The lowest BCUT2D eigenvalue weighted by Gasteiger charge is -2.71. The maximum atomic E-state index is 14.9. The zero-order valence-electron chi connectivity index (χ0n) is 32.0. The first kappa shape index (κ1) is 36.4. The number of β-amino-alcohol motifs (C(OH)–C–C–N with tert-alkyl or cyclic N) is 1. The number of aliphatic hydroxyl groups is 2. The molecule has 2 N–H and O–H groups in total. The largest absolute Gasteiger partial charge is 0.497 e. The number of hydrogen-bond donors (Lipinski definition) is 2. The molecule has 9 unspecified atom stereocenters. The SMILES string of the molecule is COc1ccc(C(=O)C2=CC34C=CC25C(CCC2(C)C5CCC2(O)CN2CCN(C(c5ccccc5)c5ccc(Cl)cc5)CC2)C3(C)CCC(O)C4)cc1. The maximum absolute atomic E-state index is 14.9. The Balaban J connectivity index is 1.01. The van der Waals surface area contributed by atoms with Crippen molar-refractivity contribution in [2.45, 2.75) is 76.5 Å². The van der Waals surface area contributed by atoms with Crippen molar-refractivity contribution in [3.8, 4) is 5.75 Å². The van der Waals surface area contributed by atoms with E-state index in [1.807, 2.05) is 36.4 Å². The normalized spacial score (nSPS) is 37.9. The van der Waals surface area contributed by atoms with Crippen LogP contribution < -0.4 is 4.74 Å². The molecule has 9 atom stereocenters. The Bertz CT molecular complexity index is 1960. The molecule has 7 aliphatic rings. The quantitative estimate of drug-likeness (QED) is 0.178. The first-order chi connectivity index (χ1) is 26.0. The van der Waals surface area contributed by atoms with Crippen LogP contribution in [0.5, 0.6) is 5.75 Å². The molecule has 0 aromatic heterocycles.